The standard InChI is InChI=1S/C35H53NO3Si/c1-25(12-17-32(37)38-23-26-10-8-7-9-11-26)29-15-16-30-28-14-13-27-22-35(24-36,39-40(4,5)6)21-20-33(27,2)31(28)18-19-34(29,30)3/h7-11,25,27-31H,12-23H2,1-6H3/t25-,27-,28+,29-,30+,31+,33+,34-,35?/m1/s1. The van der Waals surface area contributed by atoms with Crippen molar-refractivity contribution in [1.82, 2.24) is 0 Å². The van der Waals surface area contributed by atoms with Gasteiger partial charge in [0.1, 0.15) is 12.2 Å². The predicted molar refractivity (Wildman–Crippen MR) is 163 cm³/mol. The summed E-state index contributed by atoms with van der Waals surface area (Å²) in [5.41, 5.74) is 1.24. The number of benzene rings is 1. The minimum atomic E-state index is -1.79. The van der Waals surface area contributed by atoms with Gasteiger partial charge in [-0.05, 0) is 136 Å². The van der Waals surface area contributed by atoms with E-state index in [2.05, 4.69) is 46.5 Å². The maximum Gasteiger partial charge on any atom is 0.306 e. The predicted octanol–water partition coefficient (Wildman–Crippen LogP) is 8.92. The van der Waals surface area contributed by atoms with Crippen LogP contribution in [0, 0.1) is 57.7 Å². The normalized spacial score (nSPS) is 39.8. The van der Waals surface area contributed by atoms with Crippen molar-refractivity contribution in [2.24, 2.45) is 46.3 Å². The molecule has 4 saturated carbocycles. The number of ether oxygens (including phenoxy) is 1. The van der Waals surface area contributed by atoms with Crippen molar-refractivity contribution >= 4 is 14.3 Å². The van der Waals surface area contributed by atoms with E-state index in [9.17, 15) is 10.1 Å². The second kappa shape index (κ2) is 11.2. The fourth-order valence-electron chi connectivity index (χ4n) is 10.4. The molecule has 5 heteroatoms. The minimum Gasteiger partial charge on any atom is -0.461 e. The lowest BCUT2D eigenvalue weighted by Gasteiger charge is -2.62. The third kappa shape index (κ3) is 5.69. The van der Waals surface area contributed by atoms with Crippen LogP contribution in [0.1, 0.15) is 97.0 Å². The molecule has 4 nitrogen and oxygen atoms in total. The largest absolute Gasteiger partial charge is 0.461 e. The summed E-state index contributed by atoms with van der Waals surface area (Å²) in [4.78, 5) is 12.6. The van der Waals surface area contributed by atoms with Gasteiger partial charge >= 0.3 is 5.97 Å². The Bertz CT molecular complexity index is 1090. The maximum absolute atomic E-state index is 12.6. The van der Waals surface area contributed by atoms with Gasteiger partial charge in [-0.15, -0.1) is 0 Å². The molecule has 1 unspecified atom stereocenters. The smallest absolute Gasteiger partial charge is 0.306 e. The summed E-state index contributed by atoms with van der Waals surface area (Å²) in [7, 11) is -1.79. The molecular weight excluding hydrogens is 510 g/mol. The second-order valence-electron chi connectivity index (χ2n) is 15.6. The number of esters is 1. The third-order valence-corrected chi connectivity index (χ3v) is 13.2. The monoisotopic (exact) mass is 563 g/mol. The van der Waals surface area contributed by atoms with Gasteiger partial charge in [-0.25, -0.2) is 0 Å². The summed E-state index contributed by atoms with van der Waals surface area (Å²) < 4.78 is 12.2. The number of carbonyl (C=O) groups excluding carboxylic acids is 1. The van der Waals surface area contributed by atoms with Gasteiger partial charge in [0.15, 0.2) is 8.32 Å². The van der Waals surface area contributed by atoms with Crippen LogP contribution in [-0.4, -0.2) is 19.9 Å². The average Bonchev–Trinajstić information content (AvgIpc) is 3.28. The van der Waals surface area contributed by atoms with Crippen LogP contribution in [0.4, 0.5) is 0 Å². The van der Waals surface area contributed by atoms with Crippen LogP contribution < -0.4 is 0 Å². The lowest BCUT2D eigenvalue weighted by atomic mass is 9.43. The van der Waals surface area contributed by atoms with Crippen LogP contribution in [-0.2, 0) is 20.6 Å². The molecule has 0 saturated heterocycles. The van der Waals surface area contributed by atoms with Gasteiger partial charge in [0, 0.05) is 6.42 Å². The molecule has 0 aliphatic heterocycles. The second-order valence-corrected chi connectivity index (χ2v) is 20.0. The van der Waals surface area contributed by atoms with Gasteiger partial charge in [0.2, 0.25) is 0 Å². The fourth-order valence-corrected chi connectivity index (χ4v) is 11.8. The zero-order valence-electron chi connectivity index (χ0n) is 26.0. The number of rotatable bonds is 8. The number of carbonyl (C=O) groups is 1. The summed E-state index contributed by atoms with van der Waals surface area (Å²) >= 11 is 0. The summed E-state index contributed by atoms with van der Waals surface area (Å²) in [6.07, 6.45) is 12.4. The number of hydrogen-bond donors (Lipinski definition) is 0. The lowest BCUT2D eigenvalue weighted by molar-refractivity contribution is -0.146. The molecule has 0 bridgehead atoms. The molecule has 0 spiro atoms. The highest BCUT2D eigenvalue weighted by Gasteiger charge is 2.62. The molecule has 220 valence electrons. The Morgan fingerprint density at radius 3 is 2.42 bits per heavy atom. The van der Waals surface area contributed by atoms with Gasteiger partial charge in [0.25, 0.3) is 0 Å². The van der Waals surface area contributed by atoms with Crippen molar-refractivity contribution in [2.75, 3.05) is 0 Å². The number of nitrogens with zero attached hydrogens (tertiary/aromatic N) is 1. The topological polar surface area (TPSA) is 59.3 Å². The van der Waals surface area contributed by atoms with E-state index in [4.69, 9.17) is 9.16 Å². The highest BCUT2D eigenvalue weighted by Crippen LogP contribution is 2.69. The van der Waals surface area contributed by atoms with E-state index in [1.165, 1.54) is 38.5 Å². The van der Waals surface area contributed by atoms with Crippen molar-refractivity contribution in [2.45, 2.75) is 123 Å². The van der Waals surface area contributed by atoms with Crippen LogP contribution >= 0.6 is 0 Å². The van der Waals surface area contributed by atoms with Crippen LogP contribution in [0.25, 0.3) is 0 Å². The van der Waals surface area contributed by atoms with Crippen molar-refractivity contribution in [3.63, 3.8) is 0 Å². The Morgan fingerprint density at radius 1 is 1.00 bits per heavy atom. The Morgan fingerprint density at radius 2 is 1.73 bits per heavy atom. The Balaban J connectivity index is 1.20. The first-order chi connectivity index (χ1) is 18.9. The third-order valence-electron chi connectivity index (χ3n) is 12.2. The molecule has 4 aliphatic carbocycles. The van der Waals surface area contributed by atoms with E-state index >= 15 is 0 Å². The lowest BCUT2D eigenvalue weighted by Crippen LogP contribution is -2.57. The molecule has 1 aromatic carbocycles. The van der Waals surface area contributed by atoms with Crippen molar-refractivity contribution in [3.05, 3.63) is 35.9 Å². The number of hydrogen-bond acceptors (Lipinski definition) is 4. The van der Waals surface area contributed by atoms with Gasteiger partial charge < -0.3 is 9.16 Å². The van der Waals surface area contributed by atoms with Crippen molar-refractivity contribution in [1.29, 1.82) is 5.26 Å². The molecule has 5 rings (SSSR count). The van der Waals surface area contributed by atoms with Gasteiger partial charge in [-0.3, -0.25) is 4.79 Å². The van der Waals surface area contributed by atoms with Gasteiger partial charge in [-0.1, -0.05) is 51.1 Å². The summed E-state index contributed by atoms with van der Waals surface area (Å²) in [6.45, 7) is 14.6. The fraction of sp³-hybridized carbons (Fsp3) is 0.771. The van der Waals surface area contributed by atoms with Gasteiger partial charge in [-0.2, -0.15) is 5.26 Å². The first-order valence-electron chi connectivity index (χ1n) is 16.2. The van der Waals surface area contributed by atoms with Crippen LogP contribution in [0.15, 0.2) is 30.3 Å². The molecule has 4 aliphatic rings. The average molecular weight is 564 g/mol. The summed E-state index contributed by atoms with van der Waals surface area (Å²) in [6, 6.07) is 12.6. The minimum absolute atomic E-state index is 0.0609. The Kier molecular flexibility index (Phi) is 8.36. The zero-order valence-corrected chi connectivity index (χ0v) is 27.0. The van der Waals surface area contributed by atoms with E-state index in [0.29, 0.717) is 41.6 Å². The first kappa shape index (κ1) is 29.8. The highest BCUT2D eigenvalue weighted by molar-refractivity contribution is 6.69. The van der Waals surface area contributed by atoms with Crippen molar-refractivity contribution < 1.29 is 14.0 Å². The van der Waals surface area contributed by atoms with E-state index in [1.54, 1.807) is 0 Å². The van der Waals surface area contributed by atoms with E-state index < -0.39 is 13.9 Å². The molecule has 0 N–H and O–H groups in total. The zero-order chi connectivity index (χ0) is 28.8. The van der Waals surface area contributed by atoms with Crippen molar-refractivity contribution in [3.8, 4) is 6.07 Å². The molecule has 0 amide bonds. The first-order valence-corrected chi connectivity index (χ1v) is 19.6. The molecule has 4 fully saturated rings. The molecular formula is C35H53NO3Si. The van der Waals surface area contributed by atoms with Crippen LogP contribution in [0.3, 0.4) is 0 Å². The van der Waals surface area contributed by atoms with E-state index in [1.807, 2.05) is 30.3 Å². The van der Waals surface area contributed by atoms with E-state index in [0.717, 1.165) is 49.0 Å². The molecule has 1 aromatic rings. The van der Waals surface area contributed by atoms with Crippen LogP contribution in [0.5, 0.6) is 0 Å². The Hall–Kier alpha value is -1.64. The SMILES string of the molecule is C[C@H](CCC(=O)OCc1ccccc1)[C@H]1CC[C@H]2[C@@H]3CC[C@@H]4CC(C#N)(O[Si](C)(C)C)CC[C@]4(C)[C@H]3CC[C@]12C. The molecule has 0 heterocycles. The number of nitriles is 1. The molecule has 0 radical (unpaired) electrons. The van der Waals surface area contributed by atoms with Gasteiger partial charge in [0.05, 0.1) is 6.07 Å². The molecule has 0 aromatic heterocycles. The molecule has 9 atom stereocenters. The quantitative estimate of drug-likeness (QED) is 0.234. The molecule has 40 heavy (non-hydrogen) atoms. The highest BCUT2D eigenvalue weighted by atomic mass is 28.4. The summed E-state index contributed by atoms with van der Waals surface area (Å²) in [5.74, 6) is 4.22. The maximum atomic E-state index is 12.6. The Labute approximate surface area is 244 Å². The summed E-state index contributed by atoms with van der Waals surface area (Å²) in [5, 5.41) is 10.2. The van der Waals surface area contributed by atoms with Crippen LogP contribution in [0.2, 0.25) is 19.6 Å². The number of fused-ring (bicyclic) bond motifs is 5. The van der Waals surface area contributed by atoms with E-state index in [-0.39, 0.29) is 5.97 Å².